The molecular formula is C21H17N3S. The third-order valence-electron chi connectivity index (χ3n) is 3.89. The molecule has 0 bridgehead atoms. The molecule has 122 valence electrons. The number of benzene rings is 3. The smallest absolute Gasteiger partial charge is 0.163 e. The Morgan fingerprint density at radius 2 is 1.56 bits per heavy atom. The van der Waals surface area contributed by atoms with E-state index in [1.54, 1.807) is 11.3 Å². The minimum Gasteiger partial charge on any atom is -0.277 e. The van der Waals surface area contributed by atoms with Crippen LogP contribution in [0.1, 0.15) is 5.56 Å². The molecule has 3 aromatic carbocycles. The van der Waals surface area contributed by atoms with Gasteiger partial charge < -0.3 is 0 Å². The van der Waals surface area contributed by atoms with Gasteiger partial charge in [0.25, 0.3) is 0 Å². The van der Waals surface area contributed by atoms with Crippen molar-refractivity contribution >= 4 is 27.2 Å². The van der Waals surface area contributed by atoms with Crippen molar-refractivity contribution in [1.29, 1.82) is 0 Å². The molecule has 0 fully saturated rings. The molecule has 1 N–H and O–H groups in total. The largest absolute Gasteiger partial charge is 0.277 e. The first-order valence-electron chi connectivity index (χ1n) is 8.11. The van der Waals surface area contributed by atoms with Crippen LogP contribution >= 0.6 is 11.3 Å². The highest BCUT2D eigenvalue weighted by Gasteiger charge is 2.06. The van der Waals surface area contributed by atoms with Crippen LogP contribution in [0, 0.1) is 6.92 Å². The van der Waals surface area contributed by atoms with Crippen LogP contribution < -0.4 is 10.1 Å². The van der Waals surface area contributed by atoms with E-state index >= 15 is 0 Å². The average molecular weight is 343 g/mol. The van der Waals surface area contributed by atoms with E-state index in [0.717, 1.165) is 31.8 Å². The Kier molecular flexibility index (Phi) is 4.27. The van der Waals surface area contributed by atoms with Crippen molar-refractivity contribution in [3.8, 4) is 11.3 Å². The Hall–Kier alpha value is -2.98. The first-order chi connectivity index (χ1) is 12.3. The zero-order valence-corrected chi connectivity index (χ0v) is 14.6. The lowest BCUT2D eigenvalue weighted by Gasteiger charge is -2.05. The highest BCUT2D eigenvalue weighted by atomic mass is 32.1. The summed E-state index contributed by atoms with van der Waals surface area (Å²) in [6.07, 6.45) is 0. The second-order valence-electron chi connectivity index (χ2n) is 5.79. The number of hydrogen-bond acceptors (Lipinski definition) is 4. The van der Waals surface area contributed by atoms with Crippen LogP contribution in [-0.4, -0.2) is 4.98 Å². The predicted octanol–water partition coefficient (Wildman–Crippen LogP) is 5.20. The van der Waals surface area contributed by atoms with Crippen LogP contribution in [-0.2, 0) is 0 Å². The molecule has 4 heteroatoms. The minimum absolute atomic E-state index is 0.866. The average Bonchev–Trinajstić information content (AvgIpc) is 2.67. The molecule has 1 heterocycles. The van der Waals surface area contributed by atoms with Crippen LogP contribution in [0.4, 0.5) is 5.69 Å². The van der Waals surface area contributed by atoms with Gasteiger partial charge in [-0.05, 0) is 31.2 Å². The molecule has 0 aliphatic carbocycles. The second kappa shape index (κ2) is 6.87. The third-order valence-corrected chi connectivity index (χ3v) is 4.94. The molecule has 0 saturated heterocycles. The zero-order valence-electron chi connectivity index (χ0n) is 13.8. The van der Waals surface area contributed by atoms with E-state index < -0.39 is 0 Å². The number of anilines is 1. The number of nitrogens with one attached hydrogen (secondary N) is 1. The summed E-state index contributed by atoms with van der Waals surface area (Å²) in [5.41, 5.74) is 8.29. The van der Waals surface area contributed by atoms with Crippen molar-refractivity contribution in [3.05, 3.63) is 89.1 Å². The second-order valence-corrected chi connectivity index (χ2v) is 6.82. The lowest BCUT2D eigenvalue weighted by molar-refractivity contribution is 1.23. The van der Waals surface area contributed by atoms with Gasteiger partial charge in [0.2, 0.25) is 0 Å². The molecule has 0 unspecified atom stereocenters. The summed E-state index contributed by atoms with van der Waals surface area (Å²) in [6, 6.07) is 26.5. The normalized spacial score (nSPS) is 11.6. The number of hydrogen-bond donors (Lipinski definition) is 1. The molecule has 0 aliphatic heterocycles. The molecule has 0 saturated carbocycles. The van der Waals surface area contributed by atoms with E-state index in [-0.39, 0.29) is 0 Å². The monoisotopic (exact) mass is 343 g/mol. The van der Waals surface area contributed by atoms with Crippen molar-refractivity contribution in [2.75, 3.05) is 5.43 Å². The zero-order chi connectivity index (χ0) is 17.1. The maximum atomic E-state index is 4.85. The number of para-hydroxylation sites is 1. The summed E-state index contributed by atoms with van der Waals surface area (Å²) in [5.74, 6) is 0. The quantitative estimate of drug-likeness (QED) is 0.519. The number of rotatable bonds is 3. The Bertz CT molecular complexity index is 1070. The fourth-order valence-electron chi connectivity index (χ4n) is 2.56. The lowest BCUT2D eigenvalue weighted by atomic mass is 10.2. The van der Waals surface area contributed by atoms with Crippen LogP contribution in [0.2, 0.25) is 0 Å². The molecule has 1 aromatic heterocycles. The number of aryl methyl sites for hydroxylation is 1. The maximum Gasteiger partial charge on any atom is 0.163 e. The van der Waals surface area contributed by atoms with Gasteiger partial charge in [0.05, 0.1) is 15.9 Å². The molecule has 0 aliphatic rings. The first-order valence-corrected chi connectivity index (χ1v) is 8.93. The highest BCUT2D eigenvalue weighted by Crippen LogP contribution is 2.20. The summed E-state index contributed by atoms with van der Waals surface area (Å²) in [7, 11) is 0. The summed E-state index contributed by atoms with van der Waals surface area (Å²) in [6.45, 7) is 2.07. The van der Waals surface area contributed by atoms with Crippen molar-refractivity contribution in [1.82, 2.24) is 4.98 Å². The van der Waals surface area contributed by atoms with Gasteiger partial charge in [-0.15, -0.1) is 11.3 Å². The Morgan fingerprint density at radius 3 is 2.36 bits per heavy atom. The van der Waals surface area contributed by atoms with E-state index in [0.29, 0.717) is 0 Å². The standard InChI is InChI=1S/C21H17N3S/c1-15-11-13-17(14-12-15)23-24-21-20(16-7-3-2-4-8-16)22-18-9-5-6-10-19(18)25-21/h2-14,23H,1H3/b24-21+. The first kappa shape index (κ1) is 15.5. The molecule has 0 radical (unpaired) electrons. The maximum absolute atomic E-state index is 4.85. The molecule has 4 aromatic rings. The summed E-state index contributed by atoms with van der Waals surface area (Å²) in [4.78, 5) is 4.85. The molecular weight excluding hydrogens is 326 g/mol. The van der Waals surface area contributed by atoms with E-state index in [9.17, 15) is 0 Å². The van der Waals surface area contributed by atoms with Gasteiger partial charge in [-0.3, -0.25) is 5.43 Å². The van der Waals surface area contributed by atoms with Gasteiger partial charge in [0.15, 0.2) is 4.67 Å². The summed E-state index contributed by atoms with van der Waals surface area (Å²) in [5, 5.41) is 4.64. The van der Waals surface area contributed by atoms with Crippen molar-refractivity contribution < 1.29 is 0 Å². The van der Waals surface area contributed by atoms with Crippen LogP contribution in [0.15, 0.2) is 84.0 Å². The van der Waals surface area contributed by atoms with Gasteiger partial charge in [0.1, 0.15) is 5.69 Å². The van der Waals surface area contributed by atoms with E-state index in [2.05, 4.69) is 47.8 Å². The summed E-state index contributed by atoms with van der Waals surface area (Å²) >= 11 is 1.64. The SMILES string of the molecule is Cc1ccc(N/N=c2/sc3ccccc3nc2-c2ccccc2)cc1. The molecule has 4 rings (SSSR count). The fourth-order valence-corrected chi connectivity index (χ4v) is 3.48. The number of nitrogens with zero attached hydrogens (tertiary/aromatic N) is 2. The van der Waals surface area contributed by atoms with Gasteiger partial charge in [0, 0.05) is 5.56 Å². The predicted molar refractivity (Wildman–Crippen MR) is 105 cm³/mol. The van der Waals surface area contributed by atoms with Gasteiger partial charge in [-0.1, -0.05) is 60.2 Å². The van der Waals surface area contributed by atoms with Gasteiger partial charge in [-0.25, -0.2) is 4.98 Å². The van der Waals surface area contributed by atoms with Crippen LogP contribution in [0.25, 0.3) is 21.5 Å². The Balaban J connectivity index is 1.85. The molecule has 25 heavy (non-hydrogen) atoms. The van der Waals surface area contributed by atoms with Gasteiger partial charge >= 0.3 is 0 Å². The molecule has 3 nitrogen and oxygen atoms in total. The van der Waals surface area contributed by atoms with Crippen molar-refractivity contribution in [2.24, 2.45) is 5.10 Å². The van der Waals surface area contributed by atoms with Crippen LogP contribution in [0.3, 0.4) is 0 Å². The topological polar surface area (TPSA) is 37.3 Å². The third kappa shape index (κ3) is 3.44. The fraction of sp³-hybridized carbons (Fsp3) is 0.0476. The van der Waals surface area contributed by atoms with E-state index in [1.807, 2.05) is 48.5 Å². The molecule has 0 spiro atoms. The van der Waals surface area contributed by atoms with Crippen LogP contribution in [0.5, 0.6) is 0 Å². The van der Waals surface area contributed by atoms with Crippen molar-refractivity contribution in [2.45, 2.75) is 6.92 Å². The lowest BCUT2D eigenvalue weighted by Crippen LogP contribution is -2.08. The molecule has 0 amide bonds. The van der Waals surface area contributed by atoms with E-state index in [4.69, 9.17) is 4.98 Å². The Labute approximate surface area is 150 Å². The van der Waals surface area contributed by atoms with Crippen molar-refractivity contribution in [3.63, 3.8) is 0 Å². The Morgan fingerprint density at radius 1 is 0.840 bits per heavy atom. The minimum atomic E-state index is 0.866. The number of fused-ring (bicyclic) bond motifs is 1. The number of aromatic nitrogens is 1. The van der Waals surface area contributed by atoms with E-state index in [1.165, 1.54) is 5.56 Å². The highest BCUT2D eigenvalue weighted by molar-refractivity contribution is 7.16. The van der Waals surface area contributed by atoms with Gasteiger partial charge in [-0.2, -0.15) is 5.10 Å². The molecule has 0 atom stereocenters. The summed E-state index contributed by atoms with van der Waals surface area (Å²) < 4.78 is 1.98.